The van der Waals surface area contributed by atoms with Crippen molar-refractivity contribution in [1.29, 1.82) is 0 Å². The van der Waals surface area contributed by atoms with Crippen molar-refractivity contribution in [3.05, 3.63) is 54.4 Å². The van der Waals surface area contributed by atoms with Gasteiger partial charge in [0.2, 0.25) is 0 Å². The first-order valence-corrected chi connectivity index (χ1v) is 10.2. The van der Waals surface area contributed by atoms with Crippen molar-refractivity contribution < 1.29 is 9.53 Å². The summed E-state index contributed by atoms with van der Waals surface area (Å²) in [6.45, 7) is 4.30. The Kier molecular flexibility index (Phi) is 5.30. The quantitative estimate of drug-likeness (QED) is 0.672. The number of carbonyl (C=O) groups is 1. The average Bonchev–Trinajstić information content (AvgIpc) is 3.39. The molecule has 27 heavy (non-hydrogen) atoms. The van der Waals surface area contributed by atoms with Gasteiger partial charge in [-0.2, -0.15) is 5.10 Å². The third-order valence-corrected chi connectivity index (χ3v) is 6.29. The summed E-state index contributed by atoms with van der Waals surface area (Å²) in [6, 6.07) is 13.2. The Labute approximate surface area is 161 Å². The van der Waals surface area contributed by atoms with Gasteiger partial charge >= 0.3 is 5.97 Å². The van der Waals surface area contributed by atoms with E-state index in [4.69, 9.17) is 4.74 Å². The molecule has 144 valence electrons. The van der Waals surface area contributed by atoms with Crippen LogP contribution in [0.2, 0.25) is 0 Å². The summed E-state index contributed by atoms with van der Waals surface area (Å²) in [5.74, 6) is -0.00173. The van der Waals surface area contributed by atoms with Gasteiger partial charge in [-0.25, -0.2) is 0 Å². The molecule has 1 aromatic carbocycles. The minimum absolute atomic E-state index is 0.00173. The van der Waals surface area contributed by atoms with Gasteiger partial charge in [0.15, 0.2) is 0 Å². The van der Waals surface area contributed by atoms with E-state index >= 15 is 0 Å². The molecule has 2 bridgehead atoms. The van der Waals surface area contributed by atoms with Crippen LogP contribution in [-0.2, 0) is 22.5 Å². The number of ether oxygens (including phenoxy) is 1. The monoisotopic (exact) mass is 367 g/mol. The SMILES string of the molecule is CCOC(=O)[C@]1(Cc2ccccc2)C[C@@H]2CC[C@H]1N2CCCn1cccn1. The summed E-state index contributed by atoms with van der Waals surface area (Å²) in [6.07, 6.45) is 8.89. The van der Waals surface area contributed by atoms with Gasteiger partial charge in [0, 0.05) is 37.6 Å². The number of aromatic nitrogens is 2. The van der Waals surface area contributed by atoms with Crippen molar-refractivity contribution in [2.75, 3.05) is 13.2 Å². The maximum Gasteiger partial charge on any atom is 0.314 e. The van der Waals surface area contributed by atoms with Crippen molar-refractivity contribution in [3.8, 4) is 0 Å². The predicted molar refractivity (Wildman–Crippen MR) is 104 cm³/mol. The molecule has 2 fully saturated rings. The Bertz CT molecular complexity index is 746. The summed E-state index contributed by atoms with van der Waals surface area (Å²) >= 11 is 0. The van der Waals surface area contributed by atoms with Crippen LogP contribution >= 0.6 is 0 Å². The number of fused-ring (bicyclic) bond motifs is 2. The zero-order valence-corrected chi connectivity index (χ0v) is 16.1. The maximum absolute atomic E-state index is 13.1. The summed E-state index contributed by atoms with van der Waals surface area (Å²) in [7, 11) is 0. The topological polar surface area (TPSA) is 47.4 Å². The lowest BCUT2D eigenvalue weighted by atomic mass is 9.70. The molecule has 0 unspecified atom stereocenters. The Morgan fingerprint density at radius 2 is 2.07 bits per heavy atom. The van der Waals surface area contributed by atoms with Crippen LogP contribution in [0.3, 0.4) is 0 Å². The van der Waals surface area contributed by atoms with Crippen LogP contribution in [0.1, 0.15) is 38.2 Å². The fourth-order valence-corrected chi connectivity index (χ4v) is 5.21. The van der Waals surface area contributed by atoms with E-state index in [2.05, 4.69) is 34.3 Å². The molecular weight excluding hydrogens is 338 g/mol. The second-order valence-corrected chi connectivity index (χ2v) is 7.85. The highest BCUT2D eigenvalue weighted by atomic mass is 16.5. The van der Waals surface area contributed by atoms with Gasteiger partial charge in [0.05, 0.1) is 12.0 Å². The number of carbonyl (C=O) groups excluding carboxylic acids is 1. The van der Waals surface area contributed by atoms with Gasteiger partial charge in [-0.1, -0.05) is 30.3 Å². The lowest BCUT2D eigenvalue weighted by Gasteiger charge is -2.35. The second-order valence-electron chi connectivity index (χ2n) is 7.85. The molecule has 2 aromatic rings. The van der Waals surface area contributed by atoms with Gasteiger partial charge in [-0.15, -0.1) is 0 Å². The highest BCUT2D eigenvalue weighted by Gasteiger charge is 2.60. The van der Waals surface area contributed by atoms with Crippen LogP contribution in [0.15, 0.2) is 48.8 Å². The Hall–Kier alpha value is -2.14. The molecule has 0 saturated carbocycles. The lowest BCUT2D eigenvalue weighted by Crippen LogP contribution is -2.46. The molecule has 0 radical (unpaired) electrons. The molecule has 3 atom stereocenters. The van der Waals surface area contributed by atoms with E-state index in [-0.39, 0.29) is 5.97 Å². The highest BCUT2D eigenvalue weighted by molar-refractivity contribution is 5.79. The lowest BCUT2D eigenvalue weighted by molar-refractivity contribution is -0.157. The Morgan fingerprint density at radius 3 is 2.81 bits per heavy atom. The van der Waals surface area contributed by atoms with E-state index in [0.717, 1.165) is 38.8 Å². The van der Waals surface area contributed by atoms with E-state index in [1.54, 1.807) is 0 Å². The van der Waals surface area contributed by atoms with E-state index < -0.39 is 5.41 Å². The summed E-state index contributed by atoms with van der Waals surface area (Å²) in [5, 5.41) is 4.30. The predicted octanol–water partition coefficient (Wildman–Crippen LogP) is 3.30. The molecule has 1 aromatic heterocycles. The van der Waals surface area contributed by atoms with Gasteiger partial charge in [0.25, 0.3) is 0 Å². The molecule has 0 amide bonds. The van der Waals surface area contributed by atoms with E-state index in [9.17, 15) is 4.79 Å². The first-order chi connectivity index (χ1) is 13.2. The van der Waals surface area contributed by atoms with Crippen LogP contribution in [0.25, 0.3) is 0 Å². The normalized spacial score (nSPS) is 27.1. The molecule has 3 heterocycles. The van der Waals surface area contributed by atoms with E-state index in [1.807, 2.05) is 36.1 Å². The number of esters is 1. The van der Waals surface area contributed by atoms with Crippen molar-refractivity contribution in [2.45, 2.75) is 57.7 Å². The van der Waals surface area contributed by atoms with Crippen LogP contribution < -0.4 is 0 Å². The van der Waals surface area contributed by atoms with Crippen molar-refractivity contribution >= 4 is 5.97 Å². The third kappa shape index (κ3) is 3.53. The summed E-state index contributed by atoms with van der Waals surface area (Å²) in [5.41, 5.74) is 0.834. The van der Waals surface area contributed by atoms with Gasteiger partial charge in [-0.05, 0) is 50.7 Å². The van der Waals surface area contributed by atoms with Crippen molar-refractivity contribution in [3.63, 3.8) is 0 Å². The third-order valence-electron chi connectivity index (χ3n) is 6.29. The van der Waals surface area contributed by atoms with E-state index in [1.165, 1.54) is 12.0 Å². The molecule has 2 aliphatic heterocycles. The molecule has 2 aliphatic rings. The molecule has 5 nitrogen and oxygen atoms in total. The number of rotatable bonds is 8. The standard InChI is InChI=1S/C22H29N3O2/c1-2-27-21(26)22(16-18-8-4-3-5-9-18)17-19-10-11-20(22)25(19)15-7-14-24-13-6-12-23-24/h3-6,8-9,12-13,19-20H,2,7,10-11,14-17H2,1H3/t19-,20+,22+/m0/s1. The first kappa shape index (κ1) is 18.2. The van der Waals surface area contributed by atoms with Gasteiger partial charge in [-0.3, -0.25) is 14.4 Å². The Balaban J connectivity index is 1.50. The number of nitrogens with zero attached hydrogens (tertiary/aromatic N) is 3. The van der Waals surface area contributed by atoms with E-state index in [0.29, 0.717) is 18.7 Å². The molecule has 2 saturated heterocycles. The van der Waals surface area contributed by atoms with Crippen molar-refractivity contribution in [1.82, 2.24) is 14.7 Å². The maximum atomic E-state index is 13.1. The largest absolute Gasteiger partial charge is 0.466 e. The second kappa shape index (κ2) is 7.85. The average molecular weight is 367 g/mol. The first-order valence-electron chi connectivity index (χ1n) is 10.2. The number of hydrogen-bond acceptors (Lipinski definition) is 4. The van der Waals surface area contributed by atoms with Gasteiger partial charge in [0.1, 0.15) is 0 Å². The molecular formula is C22H29N3O2. The van der Waals surface area contributed by atoms with Crippen LogP contribution in [0, 0.1) is 5.41 Å². The minimum Gasteiger partial charge on any atom is -0.466 e. The molecule has 0 N–H and O–H groups in total. The Morgan fingerprint density at radius 1 is 1.22 bits per heavy atom. The smallest absolute Gasteiger partial charge is 0.314 e. The highest BCUT2D eigenvalue weighted by Crippen LogP contribution is 2.52. The zero-order chi connectivity index (χ0) is 18.7. The fourth-order valence-electron chi connectivity index (χ4n) is 5.21. The van der Waals surface area contributed by atoms with Crippen LogP contribution in [0.4, 0.5) is 0 Å². The molecule has 4 rings (SSSR count). The van der Waals surface area contributed by atoms with Gasteiger partial charge < -0.3 is 4.74 Å². The number of aryl methyl sites for hydroxylation is 1. The molecule has 0 aliphatic carbocycles. The number of benzene rings is 1. The minimum atomic E-state index is -0.397. The van der Waals surface area contributed by atoms with Crippen molar-refractivity contribution in [2.24, 2.45) is 5.41 Å². The summed E-state index contributed by atoms with van der Waals surface area (Å²) in [4.78, 5) is 15.7. The summed E-state index contributed by atoms with van der Waals surface area (Å²) < 4.78 is 7.57. The van der Waals surface area contributed by atoms with Crippen LogP contribution in [0.5, 0.6) is 0 Å². The zero-order valence-electron chi connectivity index (χ0n) is 16.1. The fraction of sp³-hybridized carbons (Fsp3) is 0.545. The molecule has 0 spiro atoms. The molecule has 5 heteroatoms. The van der Waals surface area contributed by atoms with Crippen LogP contribution in [-0.4, -0.2) is 45.9 Å². The number of hydrogen-bond donors (Lipinski definition) is 0.